The van der Waals surface area contributed by atoms with Gasteiger partial charge in [0.1, 0.15) is 0 Å². The van der Waals surface area contributed by atoms with E-state index >= 15 is 0 Å². The van der Waals surface area contributed by atoms with Crippen LogP contribution in [0.5, 0.6) is 0 Å². The van der Waals surface area contributed by atoms with Gasteiger partial charge in [0.2, 0.25) is 0 Å². The highest BCUT2D eigenvalue weighted by molar-refractivity contribution is 6.31. The molecule has 1 N–H and O–H groups in total. The molecule has 1 aliphatic rings. The summed E-state index contributed by atoms with van der Waals surface area (Å²) in [6.45, 7) is 6.50. The van der Waals surface area contributed by atoms with Gasteiger partial charge in [-0.05, 0) is 57.5 Å². The van der Waals surface area contributed by atoms with Crippen molar-refractivity contribution < 1.29 is 0 Å². The molecule has 1 aromatic rings. The maximum atomic E-state index is 6.37. The van der Waals surface area contributed by atoms with E-state index in [9.17, 15) is 0 Å². The molecule has 2 unspecified atom stereocenters. The second-order valence-corrected chi connectivity index (χ2v) is 6.21. The van der Waals surface area contributed by atoms with Gasteiger partial charge in [0.25, 0.3) is 0 Å². The third-order valence-electron chi connectivity index (χ3n) is 4.37. The van der Waals surface area contributed by atoms with E-state index in [1.54, 1.807) is 0 Å². The molecule has 0 amide bonds. The second kappa shape index (κ2) is 6.76. The first-order chi connectivity index (χ1) is 9.13. The van der Waals surface area contributed by atoms with Gasteiger partial charge in [-0.3, -0.25) is 4.68 Å². The monoisotopic (exact) mass is 283 g/mol. The molecule has 3 nitrogen and oxygen atoms in total. The first-order valence-corrected chi connectivity index (χ1v) is 7.90. The van der Waals surface area contributed by atoms with E-state index in [0.717, 1.165) is 42.1 Å². The van der Waals surface area contributed by atoms with Crippen molar-refractivity contribution >= 4 is 11.6 Å². The quantitative estimate of drug-likeness (QED) is 0.812. The van der Waals surface area contributed by atoms with Crippen LogP contribution in [0.15, 0.2) is 0 Å². The van der Waals surface area contributed by atoms with E-state index in [4.69, 9.17) is 11.6 Å². The van der Waals surface area contributed by atoms with E-state index in [2.05, 4.69) is 17.3 Å². The minimum Gasteiger partial charge on any atom is -0.316 e. The molecule has 4 heteroatoms. The Labute approximate surface area is 121 Å². The molecule has 2 atom stereocenters. The van der Waals surface area contributed by atoms with Crippen LogP contribution in [0.4, 0.5) is 0 Å². The van der Waals surface area contributed by atoms with Crippen molar-refractivity contribution in [2.24, 2.45) is 18.9 Å². The summed E-state index contributed by atoms with van der Waals surface area (Å²) in [4.78, 5) is 0. The Morgan fingerprint density at radius 3 is 2.74 bits per heavy atom. The SMILES string of the molecule is CCCNCC1CCCC1Cc1c(Cl)c(C)nn1C. The van der Waals surface area contributed by atoms with E-state index in [0.29, 0.717) is 0 Å². The summed E-state index contributed by atoms with van der Waals surface area (Å²) in [7, 11) is 2.01. The minimum absolute atomic E-state index is 0.761. The number of rotatable bonds is 6. The second-order valence-electron chi connectivity index (χ2n) is 5.83. The normalized spacial score (nSPS) is 23.2. The van der Waals surface area contributed by atoms with Crippen molar-refractivity contribution in [1.29, 1.82) is 0 Å². The van der Waals surface area contributed by atoms with Gasteiger partial charge < -0.3 is 5.32 Å². The number of nitrogens with zero attached hydrogens (tertiary/aromatic N) is 2. The smallest absolute Gasteiger partial charge is 0.0847 e. The van der Waals surface area contributed by atoms with Gasteiger partial charge in [0.15, 0.2) is 0 Å². The molecule has 19 heavy (non-hydrogen) atoms. The zero-order chi connectivity index (χ0) is 13.8. The summed E-state index contributed by atoms with van der Waals surface area (Å²) < 4.78 is 1.96. The van der Waals surface area contributed by atoms with E-state index in [1.807, 2.05) is 18.7 Å². The highest BCUT2D eigenvalue weighted by Gasteiger charge is 2.28. The van der Waals surface area contributed by atoms with Crippen LogP contribution in [-0.2, 0) is 13.5 Å². The van der Waals surface area contributed by atoms with Crippen LogP contribution >= 0.6 is 11.6 Å². The fraction of sp³-hybridized carbons (Fsp3) is 0.800. The topological polar surface area (TPSA) is 29.9 Å². The fourth-order valence-electron chi connectivity index (χ4n) is 3.27. The standard InChI is InChI=1S/C15H26ClN3/c1-4-8-17-10-13-7-5-6-12(13)9-14-15(16)11(2)18-19(14)3/h12-13,17H,4-10H2,1-3H3. The Kier molecular flexibility index (Phi) is 5.28. The van der Waals surface area contributed by atoms with Crippen molar-refractivity contribution in [2.45, 2.75) is 46.0 Å². The average molecular weight is 284 g/mol. The number of aromatic nitrogens is 2. The Morgan fingerprint density at radius 2 is 2.11 bits per heavy atom. The summed E-state index contributed by atoms with van der Waals surface area (Å²) in [6.07, 6.45) is 6.34. The molecule has 0 saturated heterocycles. The molecule has 108 valence electrons. The molecular weight excluding hydrogens is 258 g/mol. The van der Waals surface area contributed by atoms with Crippen LogP contribution in [0.25, 0.3) is 0 Å². The van der Waals surface area contributed by atoms with Crippen molar-refractivity contribution in [2.75, 3.05) is 13.1 Å². The minimum atomic E-state index is 0.761. The lowest BCUT2D eigenvalue weighted by Gasteiger charge is -2.20. The van der Waals surface area contributed by atoms with Gasteiger partial charge in [0.05, 0.1) is 16.4 Å². The third-order valence-corrected chi connectivity index (χ3v) is 4.86. The molecule has 1 aromatic heterocycles. The van der Waals surface area contributed by atoms with E-state index in [1.165, 1.54) is 31.4 Å². The fourth-order valence-corrected chi connectivity index (χ4v) is 3.50. The van der Waals surface area contributed by atoms with Crippen molar-refractivity contribution in [3.05, 3.63) is 16.4 Å². The van der Waals surface area contributed by atoms with Crippen LogP contribution < -0.4 is 5.32 Å². The average Bonchev–Trinajstić information content (AvgIpc) is 2.91. The van der Waals surface area contributed by atoms with Gasteiger partial charge in [-0.1, -0.05) is 24.9 Å². The number of halogens is 1. The first kappa shape index (κ1) is 14.9. The van der Waals surface area contributed by atoms with E-state index < -0.39 is 0 Å². The lowest BCUT2D eigenvalue weighted by atomic mass is 9.91. The van der Waals surface area contributed by atoms with Crippen molar-refractivity contribution in [3.63, 3.8) is 0 Å². The third kappa shape index (κ3) is 3.51. The summed E-state index contributed by atoms with van der Waals surface area (Å²) >= 11 is 6.37. The molecule has 0 spiro atoms. The van der Waals surface area contributed by atoms with Crippen LogP contribution in [0.2, 0.25) is 5.02 Å². The van der Waals surface area contributed by atoms with Crippen LogP contribution in [-0.4, -0.2) is 22.9 Å². The molecule has 2 rings (SSSR count). The molecule has 0 aliphatic heterocycles. The molecule has 1 fully saturated rings. The highest BCUT2D eigenvalue weighted by Crippen LogP contribution is 2.35. The van der Waals surface area contributed by atoms with Gasteiger partial charge in [-0.15, -0.1) is 0 Å². The van der Waals surface area contributed by atoms with Crippen molar-refractivity contribution in [1.82, 2.24) is 15.1 Å². The molecule has 0 aromatic carbocycles. The predicted octanol–water partition coefficient (Wildman–Crippen LogP) is 3.34. The maximum absolute atomic E-state index is 6.37. The van der Waals surface area contributed by atoms with Crippen LogP contribution in [0, 0.1) is 18.8 Å². The number of aryl methyl sites for hydroxylation is 2. The van der Waals surface area contributed by atoms with Crippen LogP contribution in [0.3, 0.4) is 0 Å². The van der Waals surface area contributed by atoms with Gasteiger partial charge in [-0.25, -0.2) is 0 Å². The molecule has 0 radical (unpaired) electrons. The zero-order valence-corrected chi connectivity index (χ0v) is 13.1. The summed E-state index contributed by atoms with van der Waals surface area (Å²) in [5.74, 6) is 1.56. The van der Waals surface area contributed by atoms with Gasteiger partial charge >= 0.3 is 0 Å². The van der Waals surface area contributed by atoms with Crippen molar-refractivity contribution in [3.8, 4) is 0 Å². The Bertz CT molecular complexity index is 414. The largest absolute Gasteiger partial charge is 0.316 e. The first-order valence-electron chi connectivity index (χ1n) is 7.52. The zero-order valence-electron chi connectivity index (χ0n) is 12.4. The Hall–Kier alpha value is -0.540. The Balaban J connectivity index is 1.97. The molecule has 1 heterocycles. The summed E-state index contributed by atoms with van der Waals surface area (Å²) in [5.41, 5.74) is 2.17. The molecular formula is C15H26ClN3. The predicted molar refractivity (Wildman–Crippen MR) is 80.7 cm³/mol. The number of nitrogens with one attached hydrogen (secondary N) is 1. The Morgan fingerprint density at radius 1 is 1.37 bits per heavy atom. The van der Waals surface area contributed by atoms with Crippen LogP contribution in [0.1, 0.15) is 44.0 Å². The maximum Gasteiger partial charge on any atom is 0.0847 e. The molecule has 1 saturated carbocycles. The lowest BCUT2D eigenvalue weighted by Crippen LogP contribution is -2.27. The van der Waals surface area contributed by atoms with Gasteiger partial charge in [0, 0.05) is 7.05 Å². The lowest BCUT2D eigenvalue weighted by molar-refractivity contribution is 0.359. The molecule has 0 bridgehead atoms. The summed E-state index contributed by atoms with van der Waals surface area (Å²) in [6, 6.07) is 0. The highest BCUT2D eigenvalue weighted by atomic mass is 35.5. The van der Waals surface area contributed by atoms with Gasteiger partial charge in [-0.2, -0.15) is 5.10 Å². The number of hydrogen-bond donors (Lipinski definition) is 1. The summed E-state index contributed by atoms with van der Waals surface area (Å²) in [5, 5.41) is 8.86. The van der Waals surface area contributed by atoms with E-state index in [-0.39, 0.29) is 0 Å². The molecule has 1 aliphatic carbocycles. The number of hydrogen-bond acceptors (Lipinski definition) is 2.